The Morgan fingerprint density at radius 3 is 2.45 bits per heavy atom. The van der Waals surface area contributed by atoms with Gasteiger partial charge in [0.2, 0.25) is 10.0 Å². The molecule has 8 heteroatoms. The molecule has 172 valence electrons. The summed E-state index contributed by atoms with van der Waals surface area (Å²) in [6.45, 7) is 6.37. The molecule has 2 aliphatic rings. The van der Waals surface area contributed by atoms with Gasteiger partial charge >= 0.3 is 5.97 Å². The van der Waals surface area contributed by atoms with E-state index in [2.05, 4.69) is 12.2 Å². The number of carbonyl (C=O) groups excluding carboxylic acids is 2. The number of carbonyl (C=O) groups is 2. The number of piperidine rings is 1. The predicted molar refractivity (Wildman–Crippen MR) is 118 cm³/mol. The molecule has 0 bridgehead atoms. The van der Waals surface area contributed by atoms with E-state index in [0.717, 1.165) is 38.5 Å². The van der Waals surface area contributed by atoms with Crippen molar-refractivity contribution in [2.24, 2.45) is 5.92 Å². The van der Waals surface area contributed by atoms with Crippen LogP contribution >= 0.6 is 0 Å². The topological polar surface area (TPSA) is 92.8 Å². The summed E-state index contributed by atoms with van der Waals surface area (Å²) < 4.78 is 33.0. The Morgan fingerprint density at radius 2 is 1.77 bits per heavy atom. The molecule has 0 radical (unpaired) electrons. The van der Waals surface area contributed by atoms with E-state index in [1.165, 1.54) is 16.8 Å². The highest BCUT2D eigenvalue weighted by Gasteiger charge is 2.30. The molecule has 1 aliphatic carbocycles. The molecule has 31 heavy (non-hydrogen) atoms. The summed E-state index contributed by atoms with van der Waals surface area (Å²) in [6, 6.07) is 4.63. The highest BCUT2D eigenvalue weighted by Crippen LogP contribution is 2.26. The standard InChI is InChI=1S/C23H34N2O5S/c1-16-9-5-6-10-20(16)24-22(26)18(3)30-23(27)19-12-11-17(2)21(15-19)31(28,29)25-13-7-4-8-14-25/h11-12,15-16,18,20H,4-10,13-14H2,1-3H3,(H,24,26)/t16-,18+,20-/m0/s1. The smallest absolute Gasteiger partial charge is 0.338 e. The minimum Gasteiger partial charge on any atom is -0.449 e. The maximum Gasteiger partial charge on any atom is 0.338 e. The Morgan fingerprint density at radius 1 is 1.10 bits per heavy atom. The predicted octanol–water partition coefficient (Wildman–Crippen LogP) is 3.41. The molecule has 1 aliphatic heterocycles. The van der Waals surface area contributed by atoms with Crippen LogP contribution < -0.4 is 5.32 Å². The maximum absolute atomic E-state index is 13.1. The number of ether oxygens (including phenoxy) is 1. The first-order chi connectivity index (χ1) is 14.7. The summed E-state index contributed by atoms with van der Waals surface area (Å²) in [4.78, 5) is 25.3. The average molecular weight is 451 g/mol. The number of benzene rings is 1. The van der Waals surface area contributed by atoms with E-state index in [1.54, 1.807) is 26.0 Å². The number of nitrogens with zero attached hydrogens (tertiary/aromatic N) is 1. The average Bonchev–Trinajstić information content (AvgIpc) is 2.76. The molecule has 1 heterocycles. The lowest BCUT2D eigenvalue weighted by atomic mass is 9.86. The number of aryl methyl sites for hydroxylation is 1. The van der Waals surface area contributed by atoms with E-state index in [1.807, 2.05) is 0 Å². The van der Waals surface area contributed by atoms with Crippen LogP contribution in [0.3, 0.4) is 0 Å². The molecule has 1 saturated carbocycles. The molecule has 0 spiro atoms. The number of rotatable bonds is 6. The van der Waals surface area contributed by atoms with Gasteiger partial charge in [0.1, 0.15) is 0 Å². The third-order valence-corrected chi connectivity index (χ3v) is 8.49. The van der Waals surface area contributed by atoms with E-state index in [-0.39, 0.29) is 22.4 Å². The zero-order valence-corrected chi connectivity index (χ0v) is 19.5. The molecule has 1 amide bonds. The second-order valence-electron chi connectivity index (χ2n) is 8.87. The molecule has 1 aromatic rings. The lowest BCUT2D eigenvalue weighted by Crippen LogP contribution is -2.46. The molecular formula is C23H34N2O5S. The second kappa shape index (κ2) is 10.1. The molecule has 3 rings (SSSR count). The first kappa shape index (κ1) is 23.7. The first-order valence-electron chi connectivity index (χ1n) is 11.3. The SMILES string of the molecule is Cc1ccc(C(=O)O[C@H](C)C(=O)N[C@H]2CCCC[C@@H]2C)cc1S(=O)(=O)N1CCCCC1. The third-order valence-electron chi connectivity index (χ3n) is 6.45. The van der Waals surface area contributed by atoms with E-state index in [9.17, 15) is 18.0 Å². The first-order valence-corrected chi connectivity index (χ1v) is 12.8. The number of hydrogen-bond donors (Lipinski definition) is 1. The fourth-order valence-corrected chi connectivity index (χ4v) is 6.13. The zero-order chi connectivity index (χ0) is 22.6. The van der Waals surface area contributed by atoms with E-state index >= 15 is 0 Å². The van der Waals surface area contributed by atoms with Crippen molar-refractivity contribution in [1.82, 2.24) is 9.62 Å². The molecule has 3 atom stereocenters. The quantitative estimate of drug-likeness (QED) is 0.671. The Kier molecular flexibility index (Phi) is 7.75. The van der Waals surface area contributed by atoms with Gasteiger partial charge in [-0.2, -0.15) is 4.31 Å². The summed E-state index contributed by atoms with van der Waals surface area (Å²) in [5.41, 5.74) is 0.714. The van der Waals surface area contributed by atoms with Crippen LogP contribution in [0.5, 0.6) is 0 Å². The lowest BCUT2D eigenvalue weighted by Gasteiger charge is -2.30. The van der Waals surface area contributed by atoms with Gasteiger partial charge in [-0.1, -0.05) is 32.3 Å². The normalized spacial score (nSPS) is 23.7. The molecule has 7 nitrogen and oxygen atoms in total. The van der Waals surface area contributed by atoms with Crippen molar-refractivity contribution < 1.29 is 22.7 Å². The van der Waals surface area contributed by atoms with Crippen molar-refractivity contribution >= 4 is 21.9 Å². The largest absolute Gasteiger partial charge is 0.449 e. The van der Waals surface area contributed by atoms with Gasteiger partial charge in [0.05, 0.1) is 10.5 Å². The minimum atomic E-state index is -3.67. The Bertz CT molecular complexity index is 909. The number of nitrogens with one attached hydrogen (secondary N) is 1. The fourth-order valence-electron chi connectivity index (χ4n) is 4.36. The Labute approximate surface area is 185 Å². The molecule has 0 unspecified atom stereocenters. The van der Waals surface area contributed by atoms with Crippen LogP contribution in [0.2, 0.25) is 0 Å². The number of hydrogen-bond acceptors (Lipinski definition) is 5. The van der Waals surface area contributed by atoms with Crippen molar-refractivity contribution in [3.05, 3.63) is 29.3 Å². The summed E-state index contributed by atoms with van der Waals surface area (Å²) in [7, 11) is -3.67. The Hall–Kier alpha value is -1.93. The monoisotopic (exact) mass is 450 g/mol. The van der Waals surface area contributed by atoms with Gasteiger partial charge in [0, 0.05) is 19.1 Å². The van der Waals surface area contributed by atoms with Gasteiger partial charge in [-0.15, -0.1) is 0 Å². The van der Waals surface area contributed by atoms with Gasteiger partial charge in [0.25, 0.3) is 5.91 Å². The summed E-state index contributed by atoms with van der Waals surface area (Å²) in [5.74, 6) is -0.616. The van der Waals surface area contributed by atoms with Gasteiger partial charge in [-0.3, -0.25) is 4.79 Å². The van der Waals surface area contributed by atoms with Crippen molar-refractivity contribution in [2.45, 2.75) is 82.8 Å². The van der Waals surface area contributed by atoms with Crippen LogP contribution in [0.15, 0.2) is 23.1 Å². The molecule has 1 saturated heterocycles. The van der Waals surface area contributed by atoms with Crippen LogP contribution in [-0.2, 0) is 19.6 Å². The number of esters is 1. The van der Waals surface area contributed by atoms with Gasteiger partial charge in [0.15, 0.2) is 6.10 Å². The van der Waals surface area contributed by atoms with Crippen LogP contribution in [-0.4, -0.2) is 49.8 Å². The molecule has 1 N–H and O–H groups in total. The zero-order valence-electron chi connectivity index (χ0n) is 18.7. The molecular weight excluding hydrogens is 416 g/mol. The lowest BCUT2D eigenvalue weighted by molar-refractivity contribution is -0.130. The van der Waals surface area contributed by atoms with Gasteiger partial charge in [-0.25, -0.2) is 13.2 Å². The van der Waals surface area contributed by atoms with Crippen LogP contribution in [0.1, 0.15) is 74.7 Å². The van der Waals surface area contributed by atoms with Crippen LogP contribution in [0, 0.1) is 12.8 Å². The number of amides is 1. The molecule has 2 fully saturated rings. The van der Waals surface area contributed by atoms with Gasteiger partial charge < -0.3 is 10.1 Å². The number of sulfonamides is 1. The molecule has 0 aromatic heterocycles. The second-order valence-corrected chi connectivity index (χ2v) is 10.8. The van der Waals surface area contributed by atoms with E-state index < -0.39 is 22.1 Å². The summed E-state index contributed by atoms with van der Waals surface area (Å²) >= 11 is 0. The van der Waals surface area contributed by atoms with Crippen molar-refractivity contribution in [3.8, 4) is 0 Å². The van der Waals surface area contributed by atoms with Crippen LogP contribution in [0.4, 0.5) is 0 Å². The summed E-state index contributed by atoms with van der Waals surface area (Å²) in [5, 5.41) is 2.99. The highest BCUT2D eigenvalue weighted by atomic mass is 32.2. The van der Waals surface area contributed by atoms with Crippen LogP contribution in [0.25, 0.3) is 0 Å². The minimum absolute atomic E-state index is 0.100. The highest BCUT2D eigenvalue weighted by molar-refractivity contribution is 7.89. The van der Waals surface area contributed by atoms with Crippen molar-refractivity contribution in [3.63, 3.8) is 0 Å². The fraction of sp³-hybridized carbons (Fsp3) is 0.652. The van der Waals surface area contributed by atoms with E-state index in [4.69, 9.17) is 4.74 Å². The van der Waals surface area contributed by atoms with Crippen molar-refractivity contribution in [1.29, 1.82) is 0 Å². The van der Waals surface area contributed by atoms with E-state index in [0.29, 0.717) is 24.6 Å². The maximum atomic E-state index is 13.1. The van der Waals surface area contributed by atoms with Crippen molar-refractivity contribution in [2.75, 3.05) is 13.1 Å². The Balaban J connectivity index is 1.68. The molecule has 1 aromatic carbocycles. The third kappa shape index (κ3) is 5.66. The summed E-state index contributed by atoms with van der Waals surface area (Å²) in [6.07, 6.45) is 6.02. The van der Waals surface area contributed by atoms with Gasteiger partial charge in [-0.05, 0) is 63.1 Å².